The van der Waals surface area contributed by atoms with E-state index in [0.29, 0.717) is 17.2 Å². The number of halogens is 3. The van der Waals surface area contributed by atoms with Crippen molar-refractivity contribution in [3.8, 4) is 11.5 Å². The Kier molecular flexibility index (Phi) is 6.57. The Morgan fingerprint density at radius 3 is 2.42 bits per heavy atom. The standard InChI is InChI=1S/C27H27F3N4O2/c28-27(29,30)21-6-8-23(9-7-21)36-24-5-1-3-20(15-24)17-33-13-10-26(11-14-33)18-34(19-26)25(35)32-22-4-2-12-31-16-22/h1-9,12,15-16H,10-11,13-14,17-19H2,(H,32,35). The van der Waals surface area contributed by atoms with E-state index in [1.807, 2.05) is 29.2 Å². The van der Waals surface area contributed by atoms with Crippen molar-refractivity contribution in [2.24, 2.45) is 5.41 Å². The Bertz CT molecular complexity index is 1190. The summed E-state index contributed by atoms with van der Waals surface area (Å²) in [6.45, 7) is 4.20. The molecule has 2 saturated heterocycles. The lowest BCUT2D eigenvalue weighted by Gasteiger charge is -2.53. The van der Waals surface area contributed by atoms with Gasteiger partial charge in [0.1, 0.15) is 11.5 Å². The van der Waals surface area contributed by atoms with Crippen molar-refractivity contribution < 1.29 is 22.7 Å². The molecule has 2 amide bonds. The molecule has 36 heavy (non-hydrogen) atoms. The molecule has 9 heteroatoms. The average Bonchev–Trinajstić information content (AvgIpc) is 2.84. The molecule has 3 aromatic rings. The SMILES string of the molecule is O=C(Nc1cccnc1)N1CC2(CCN(Cc3cccc(Oc4ccc(C(F)(F)F)cc4)c3)CC2)C1. The number of carbonyl (C=O) groups is 1. The zero-order chi connectivity index (χ0) is 25.2. The fraction of sp³-hybridized carbons (Fsp3) is 0.333. The topological polar surface area (TPSA) is 57.7 Å². The molecule has 0 bridgehead atoms. The van der Waals surface area contributed by atoms with Gasteiger partial charge in [0.2, 0.25) is 0 Å². The average molecular weight is 497 g/mol. The molecule has 0 aliphatic carbocycles. The van der Waals surface area contributed by atoms with Gasteiger partial charge in [-0.1, -0.05) is 12.1 Å². The largest absolute Gasteiger partial charge is 0.457 e. The first-order valence-corrected chi connectivity index (χ1v) is 11.9. The van der Waals surface area contributed by atoms with Crippen molar-refractivity contribution in [2.75, 3.05) is 31.5 Å². The molecule has 188 valence electrons. The number of nitrogens with zero attached hydrogens (tertiary/aromatic N) is 3. The number of amides is 2. The van der Waals surface area contributed by atoms with Crippen molar-refractivity contribution in [3.05, 3.63) is 84.2 Å². The van der Waals surface area contributed by atoms with Crippen LogP contribution in [-0.4, -0.2) is 47.0 Å². The predicted molar refractivity (Wildman–Crippen MR) is 130 cm³/mol. The molecule has 0 saturated carbocycles. The molecule has 0 atom stereocenters. The number of urea groups is 1. The van der Waals surface area contributed by atoms with E-state index in [9.17, 15) is 18.0 Å². The number of nitrogens with one attached hydrogen (secondary N) is 1. The molecular weight excluding hydrogens is 469 g/mol. The van der Waals surface area contributed by atoms with Crippen molar-refractivity contribution in [3.63, 3.8) is 0 Å². The van der Waals surface area contributed by atoms with E-state index in [-0.39, 0.29) is 11.4 Å². The van der Waals surface area contributed by atoms with E-state index in [1.54, 1.807) is 24.5 Å². The minimum atomic E-state index is -4.37. The third-order valence-corrected chi connectivity index (χ3v) is 6.89. The van der Waals surface area contributed by atoms with Gasteiger partial charge in [0.25, 0.3) is 0 Å². The zero-order valence-electron chi connectivity index (χ0n) is 19.7. The summed E-state index contributed by atoms with van der Waals surface area (Å²) in [5.41, 5.74) is 1.27. The van der Waals surface area contributed by atoms with Gasteiger partial charge in [-0.15, -0.1) is 0 Å². The maximum atomic E-state index is 12.8. The first-order chi connectivity index (χ1) is 17.3. The number of piperidine rings is 1. The molecule has 6 nitrogen and oxygen atoms in total. The smallest absolute Gasteiger partial charge is 0.416 e. The predicted octanol–water partition coefficient (Wildman–Crippen LogP) is 6.02. The first kappa shape index (κ1) is 24.1. The van der Waals surface area contributed by atoms with Gasteiger partial charge in [-0.3, -0.25) is 9.88 Å². The number of aromatic nitrogens is 1. The summed E-state index contributed by atoms with van der Waals surface area (Å²) in [5, 5.41) is 2.89. The second kappa shape index (κ2) is 9.81. The van der Waals surface area contributed by atoms with Gasteiger partial charge >= 0.3 is 12.2 Å². The lowest BCUT2D eigenvalue weighted by atomic mass is 9.72. The van der Waals surface area contributed by atoms with E-state index in [4.69, 9.17) is 4.74 Å². The van der Waals surface area contributed by atoms with Crippen LogP contribution in [0, 0.1) is 5.41 Å². The van der Waals surface area contributed by atoms with Crippen LogP contribution in [0.25, 0.3) is 0 Å². The Labute approximate surface area is 207 Å². The highest BCUT2D eigenvalue weighted by Crippen LogP contribution is 2.41. The molecule has 1 spiro atoms. The van der Waals surface area contributed by atoms with Gasteiger partial charge in [-0.05, 0) is 80.0 Å². The Hall–Kier alpha value is -3.59. The molecular formula is C27H27F3N4O2. The summed E-state index contributed by atoms with van der Waals surface area (Å²) in [7, 11) is 0. The number of pyridine rings is 1. The molecule has 2 fully saturated rings. The van der Waals surface area contributed by atoms with Crippen molar-refractivity contribution in [1.29, 1.82) is 0 Å². The fourth-order valence-electron chi connectivity index (χ4n) is 4.86. The van der Waals surface area contributed by atoms with E-state index in [2.05, 4.69) is 15.2 Å². The summed E-state index contributed by atoms with van der Waals surface area (Å²) in [4.78, 5) is 20.7. The van der Waals surface area contributed by atoms with Crippen LogP contribution < -0.4 is 10.1 Å². The summed E-state index contributed by atoms with van der Waals surface area (Å²) in [5.74, 6) is 0.956. The van der Waals surface area contributed by atoms with Gasteiger partial charge in [-0.25, -0.2) is 4.79 Å². The Morgan fingerprint density at radius 1 is 1.00 bits per heavy atom. The number of benzene rings is 2. The quantitative estimate of drug-likeness (QED) is 0.469. The number of hydrogen-bond acceptors (Lipinski definition) is 4. The number of anilines is 1. The number of rotatable bonds is 5. The number of carbonyl (C=O) groups excluding carboxylic acids is 1. The van der Waals surface area contributed by atoms with Crippen LogP contribution in [0.4, 0.5) is 23.7 Å². The molecule has 3 heterocycles. The van der Waals surface area contributed by atoms with Crippen LogP contribution in [0.1, 0.15) is 24.0 Å². The molecule has 0 radical (unpaired) electrons. The molecule has 2 aromatic carbocycles. The van der Waals surface area contributed by atoms with Crippen LogP contribution in [0.15, 0.2) is 73.1 Å². The second-order valence-corrected chi connectivity index (χ2v) is 9.58. The highest BCUT2D eigenvalue weighted by Gasteiger charge is 2.46. The van der Waals surface area contributed by atoms with Gasteiger partial charge in [0.15, 0.2) is 0 Å². The van der Waals surface area contributed by atoms with Gasteiger partial charge in [-0.2, -0.15) is 13.2 Å². The highest BCUT2D eigenvalue weighted by molar-refractivity contribution is 5.89. The minimum absolute atomic E-state index is 0.0825. The fourth-order valence-corrected chi connectivity index (χ4v) is 4.86. The highest BCUT2D eigenvalue weighted by atomic mass is 19.4. The van der Waals surface area contributed by atoms with Crippen LogP contribution in [0.2, 0.25) is 0 Å². The summed E-state index contributed by atoms with van der Waals surface area (Å²) >= 11 is 0. The van der Waals surface area contributed by atoms with Crippen molar-refractivity contribution in [1.82, 2.24) is 14.8 Å². The Morgan fingerprint density at radius 2 is 1.75 bits per heavy atom. The van der Waals surface area contributed by atoms with E-state index < -0.39 is 11.7 Å². The molecule has 2 aliphatic rings. The summed E-state index contributed by atoms with van der Waals surface area (Å²) in [6, 6.07) is 15.9. The molecule has 2 aliphatic heterocycles. The lowest BCUT2D eigenvalue weighted by Crippen LogP contribution is -2.62. The maximum Gasteiger partial charge on any atom is 0.416 e. The Balaban J connectivity index is 1.10. The van der Waals surface area contributed by atoms with Crippen LogP contribution >= 0.6 is 0 Å². The second-order valence-electron chi connectivity index (χ2n) is 9.58. The van der Waals surface area contributed by atoms with Crippen molar-refractivity contribution >= 4 is 11.7 Å². The van der Waals surface area contributed by atoms with Gasteiger partial charge in [0, 0.05) is 31.2 Å². The van der Waals surface area contributed by atoms with Crippen LogP contribution in [0.5, 0.6) is 11.5 Å². The normalized spacial score (nSPS) is 17.5. The lowest BCUT2D eigenvalue weighted by molar-refractivity contribution is -0.137. The molecule has 0 unspecified atom stereocenters. The van der Waals surface area contributed by atoms with Gasteiger partial charge < -0.3 is 15.0 Å². The van der Waals surface area contributed by atoms with E-state index in [1.165, 1.54) is 12.1 Å². The van der Waals surface area contributed by atoms with Gasteiger partial charge in [0.05, 0.1) is 17.4 Å². The van der Waals surface area contributed by atoms with E-state index in [0.717, 1.165) is 63.3 Å². The number of ether oxygens (including phenoxy) is 1. The third-order valence-electron chi connectivity index (χ3n) is 6.89. The summed E-state index contributed by atoms with van der Waals surface area (Å²) < 4.78 is 44.1. The molecule has 1 aromatic heterocycles. The first-order valence-electron chi connectivity index (χ1n) is 11.9. The molecule has 1 N–H and O–H groups in total. The maximum absolute atomic E-state index is 12.8. The monoisotopic (exact) mass is 496 g/mol. The third kappa shape index (κ3) is 5.62. The number of likely N-dealkylation sites (tertiary alicyclic amines) is 2. The minimum Gasteiger partial charge on any atom is -0.457 e. The van der Waals surface area contributed by atoms with Crippen molar-refractivity contribution in [2.45, 2.75) is 25.6 Å². The van der Waals surface area contributed by atoms with Crippen LogP contribution in [-0.2, 0) is 12.7 Å². The van der Waals surface area contributed by atoms with Crippen LogP contribution in [0.3, 0.4) is 0 Å². The van der Waals surface area contributed by atoms with E-state index >= 15 is 0 Å². The zero-order valence-corrected chi connectivity index (χ0v) is 19.7. The summed E-state index contributed by atoms with van der Waals surface area (Å²) in [6.07, 6.45) is 1.01. The number of alkyl halides is 3. The number of hydrogen-bond donors (Lipinski definition) is 1. The molecule has 5 rings (SSSR count).